The third-order valence-electron chi connectivity index (χ3n) is 5.58. The van der Waals surface area contributed by atoms with Crippen LogP contribution in [-0.4, -0.2) is 92.4 Å². The highest BCUT2D eigenvalue weighted by molar-refractivity contribution is 14.0. The van der Waals surface area contributed by atoms with Crippen molar-refractivity contribution in [2.24, 2.45) is 10.9 Å². The molecule has 0 spiro atoms. The van der Waals surface area contributed by atoms with Crippen LogP contribution in [0.4, 0.5) is 0 Å². The zero-order valence-corrected chi connectivity index (χ0v) is 20.7. The van der Waals surface area contributed by atoms with Crippen molar-refractivity contribution in [2.45, 2.75) is 24.3 Å². The van der Waals surface area contributed by atoms with E-state index in [2.05, 4.69) is 71.4 Å². The van der Waals surface area contributed by atoms with Gasteiger partial charge in [0.15, 0.2) is 5.96 Å². The van der Waals surface area contributed by atoms with Crippen LogP contribution in [0.25, 0.3) is 0 Å². The molecule has 2 atom stereocenters. The lowest BCUT2D eigenvalue weighted by Crippen LogP contribution is -2.51. The molecule has 1 N–H and O–H groups in total. The Balaban J connectivity index is 0.00000280. The number of guanidine groups is 1. The van der Waals surface area contributed by atoms with Crippen molar-refractivity contribution in [1.82, 2.24) is 20.0 Å². The molecule has 2 saturated heterocycles. The Kier molecular flexibility index (Phi) is 10.4. The molecular formula is C21H36IN5S. The monoisotopic (exact) mass is 517 g/mol. The van der Waals surface area contributed by atoms with Crippen molar-refractivity contribution in [1.29, 1.82) is 0 Å². The van der Waals surface area contributed by atoms with E-state index in [4.69, 9.17) is 4.99 Å². The highest BCUT2D eigenvalue weighted by Gasteiger charge is 2.26. The second kappa shape index (κ2) is 12.2. The number of benzene rings is 1. The molecule has 2 unspecified atom stereocenters. The molecule has 0 radical (unpaired) electrons. The second-order valence-electron chi connectivity index (χ2n) is 7.82. The van der Waals surface area contributed by atoms with Crippen molar-refractivity contribution >= 4 is 41.7 Å². The summed E-state index contributed by atoms with van der Waals surface area (Å²) in [5, 5.41) is 3.52. The van der Waals surface area contributed by atoms with Crippen molar-refractivity contribution in [3.05, 3.63) is 30.3 Å². The van der Waals surface area contributed by atoms with Crippen LogP contribution in [0.15, 0.2) is 40.2 Å². The first-order valence-electron chi connectivity index (χ1n) is 10.3. The summed E-state index contributed by atoms with van der Waals surface area (Å²) in [5.74, 6) is 3.03. The number of aliphatic imine (C=N–C) groups is 1. The zero-order valence-electron chi connectivity index (χ0n) is 17.5. The Bertz CT molecular complexity index is 600. The molecule has 1 aromatic carbocycles. The van der Waals surface area contributed by atoms with Crippen molar-refractivity contribution in [3.8, 4) is 0 Å². The van der Waals surface area contributed by atoms with E-state index in [1.165, 1.54) is 17.1 Å². The Labute approximate surface area is 192 Å². The number of thioether (sulfide) groups is 1. The SMILES string of the molecule is CCNC(=NCC1CN(C)CCN1C)N1CCC(CSc2ccccc2)C1.I. The number of hydrogen-bond acceptors (Lipinski definition) is 4. The molecule has 28 heavy (non-hydrogen) atoms. The lowest BCUT2D eigenvalue weighted by Gasteiger charge is -2.37. The molecule has 7 heteroatoms. The maximum atomic E-state index is 5.01. The van der Waals surface area contributed by atoms with Gasteiger partial charge in [0, 0.05) is 56.0 Å². The summed E-state index contributed by atoms with van der Waals surface area (Å²) in [6.45, 7) is 9.60. The molecule has 0 bridgehead atoms. The van der Waals surface area contributed by atoms with Gasteiger partial charge in [-0.15, -0.1) is 35.7 Å². The minimum absolute atomic E-state index is 0. The molecule has 0 aromatic heterocycles. The van der Waals surface area contributed by atoms with Crippen LogP contribution in [0, 0.1) is 5.92 Å². The van der Waals surface area contributed by atoms with Gasteiger partial charge in [-0.2, -0.15) is 0 Å². The summed E-state index contributed by atoms with van der Waals surface area (Å²) in [7, 11) is 4.44. The van der Waals surface area contributed by atoms with Crippen LogP contribution in [0.2, 0.25) is 0 Å². The number of rotatable bonds is 6. The Morgan fingerprint density at radius 1 is 1.14 bits per heavy atom. The van der Waals surface area contributed by atoms with Crippen LogP contribution in [0.3, 0.4) is 0 Å². The maximum absolute atomic E-state index is 5.01. The fourth-order valence-corrected chi connectivity index (χ4v) is 4.86. The molecule has 1 aromatic rings. The summed E-state index contributed by atoms with van der Waals surface area (Å²) in [6, 6.07) is 11.3. The van der Waals surface area contributed by atoms with Gasteiger partial charge in [-0.25, -0.2) is 0 Å². The number of halogens is 1. The zero-order chi connectivity index (χ0) is 19.1. The highest BCUT2D eigenvalue weighted by Crippen LogP contribution is 2.25. The van der Waals surface area contributed by atoms with Gasteiger partial charge in [-0.05, 0) is 45.5 Å². The lowest BCUT2D eigenvalue weighted by molar-refractivity contribution is 0.119. The minimum Gasteiger partial charge on any atom is -0.357 e. The summed E-state index contributed by atoms with van der Waals surface area (Å²) in [4.78, 5) is 13.7. The van der Waals surface area contributed by atoms with Crippen LogP contribution < -0.4 is 5.32 Å². The van der Waals surface area contributed by atoms with Crippen LogP contribution in [-0.2, 0) is 0 Å². The van der Waals surface area contributed by atoms with Crippen LogP contribution in [0.5, 0.6) is 0 Å². The predicted octanol–water partition coefficient (Wildman–Crippen LogP) is 2.93. The number of likely N-dealkylation sites (N-methyl/N-ethyl adjacent to an activating group) is 2. The Hall–Kier alpha value is -0.510. The number of hydrogen-bond donors (Lipinski definition) is 1. The van der Waals surface area contributed by atoms with E-state index in [1.807, 2.05) is 11.8 Å². The molecule has 2 fully saturated rings. The lowest BCUT2D eigenvalue weighted by atomic mass is 10.2. The minimum atomic E-state index is 0. The molecule has 2 heterocycles. The predicted molar refractivity (Wildman–Crippen MR) is 132 cm³/mol. The third kappa shape index (κ3) is 7.07. The summed E-state index contributed by atoms with van der Waals surface area (Å²) in [6.07, 6.45) is 1.26. The van der Waals surface area contributed by atoms with E-state index in [0.29, 0.717) is 6.04 Å². The number of likely N-dealkylation sites (tertiary alicyclic amines) is 1. The van der Waals surface area contributed by atoms with Gasteiger partial charge >= 0.3 is 0 Å². The van der Waals surface area contributed by atoms with Crippen molar-refractivity contribution < 1.29 is 0 Å². The van der Waals surface area contributed by atoms with Gasteiger partial charge in [0.05, 0.1) is 6.54 Å². The number of nitrogens with zero attached hydrogens (tertiary/aromatic N) is 4. The molecule has 0 aliphatic carbocycles. The number of piperazine rings is 1. The van der Waals surface area contributed by atoms with E-state index in [0.717, 1.165) is 57.7 Å². The molecule has 5 nitrogen and oxygen atoms in total. The standard InChI is InChI=1S/C21H35N5S.HI/c1-4-22-21(23-14-19-16-24(2)12-13-25(19)3)26-11-10-18(15-26)17-27-20-8-6-5-7-9-20;/h5-9,18-19H,4,10-17H2,1-3H3,(H,22,23);1H. The van der Waals surface area contributed by atoms with Gasteiger partial charge in [0.2, 0.25) is 0 Å². The molecule has 3 rings (SSSR count). The molecule has 158 valence electrons. The average Bonchev–Trinajstić information content (AvgIpc) is 3.15. The molecule has 2 aliphatic heterocycles. The third-order valence-corrected chi connectivity index (χ3v) is 6.82. The summed E-state index contributed by atoms with van der Waals surface area (Å²) < 4.78 is 0. The first-order valence-corrected chi connectivity index (χ1v) is 11.2. The van der Waals surface area contributed by atoms with Crippen LogP contribution in [0.1, 0.15) is 13.3 Å². The van der Waals surface area contributed by atoms with Gasteiger partial charge in [-0.1, -0.05) is 18.2 Å². The topological polar surface area (TPSA) is 34.1 Å². The molecule has 0 saturated carbocycles. The number of nitrogens with one attached hydrogen (secondary N) is 1. The first-order chi connectivity index (χ1) is 13.2. The molecule has 0 amide bonds. The summed E-state index contributed by atoms with van der Waals surface area (Å²) >= 11 is 1.98. The Morgan fingerprint density at radius 3 is 2.68 bits per heavy atom. The fourth-order valence-electron chi connectivity index (χ4n) is 3.81. The first kappa shape index (κ1) is 23.8. The molecule has 2 aliphatic rings. The van der Waals surface area contributed by atoms with Gasteiger partial charge in [0.1, 0.15) is 0 Å². The van der Waals surface area contributed by atoms with Gasteiger partial charge < -0.3 is 15.1 Å². The second-order valence-corrected chi connectivity index (χ2v) is 8.91. The molecular weight excluding hydrogens is 481 g/mol. The summed E-state index contributed by atoms with van der Waals surface area (Å²) in [5.41, 5.74) is 0. The van der Waals surface area contributed by atoms with Crippen molar-refractivity contribution in [2.75, 3.05) is 65.7 Å². The van der Waals surface area contributed by atoms with Gasteiger partial charge in [0.25, 0.3) is 0 Å². The highest BCUT2D eigenvalue weighted by atomic mass is 127. The van der Waals surface area contributed by atoms with E-state index < -0.39 is 0 Å². The van der Waals surface area contributed by atoms with Crippen LogP contribution >= 0.6 is 35.7 Å². The quantitative estimate of drug-likeness (QED) is 0.272. The smallest absolute Gasteiger partial charge is 0.193 e. The largest absolute Gasteiger partial charge is 0.357 e. The van der Waals surface area contributed by atoms with E-state index in [-0.39, 0.29) is 24.0 Å². The normalized spacial score (nSPS) is 24.2. The van der Waals surface area contributed by atoms with Gasteiger partial charge in [-0.3, -0.25) is 9.89 Å². The van der Waals surface area contributed by atoms with E-state index in [1.54, 1.807) is 0 Å². The fraction of sp³-hybridized carbons (Fsp3) is 0.667. The maximum Gasteiger partial charge on any atom is 0.193 e. The Morgan fingerprint density at radius 2 is 1.93 bits per heavy atom. The van der Waals surface area contributed by atoms with E-state index in [9.17, 15) is 0 Å². The van der Waals surface area contributed by atoms with Crippen molar-refractivity contribution in [3.63, 3.8) is 0 Å². The average molecular weight is 518 g/mol. The van der Waals surface area contributed by atoms with E-state index >= 15 is 0 Å².